The summed E-state index contributed by atoms with van der Waals surface area (Å²) in [6.45, 7) is 3.93. The molecule has 18 heavy (non-hydrogen) atoms. The molecule has 1 fully saturated rings. The van der Waals surface area contributed by atoms with E-state index in [2.05, 4.69) is 20.0 Å². The molecule has 3 heterocycles. The number of hydrogen-bond acceptors (Lipinski definition) is 4. The van der Waals surface area contributed by atoms with Crippen LogP contribution in [-0.2, 0) is 6.54 Å². The van der Waals surface area contributed by atoms with Crippen molar-refractivity contribution in [2.75, 3.05) is 11.4 Å². The molecule has 0 N–H and O–H groups in total. The maximum absolute atomic E-state index is 4.52. The molecule has 3 rings (SSSR count). The van der Waals surface area contributed by atoms with Gasteiger partial charge in [0.2, 0.25) is 0 Å². The Morgan fingerprint density at radius 3 is 3.11 bits per heavy atom. The van der Waals surface area contributed by atoms with E-state index in [-0.39, 0.29) is 0 Å². The van der Waals surface area contributed by atoms with Gasteiger partial charge in [0.05, 0.1) is 12.6 Å². The van der Waals surface area contributed by atoms with E-state index in [1.165, 1.54) is 12.8 Å². The van der Waals surface area contributed by atoms with Gasteiger partial charge in [0.25, 0.3) is 0 Å². The zero-order valence-electron chi connectivity index (χ0n) is 10.5. The van der Waals surface area contributed by atoms with E-state index in [0.717, 1.165) is 24.7 Å². The molecule has 1 saturated heterocycles. The zero-order chi connectivity index (χ0) is 12.4. The van der Waals surface area contributed by atoms with Crippen molar-refractivity contribution in [1.82, 2.24) is 19.7 Å². The molecule has 0 amide bonds. The molecule has 0 bridgehead atoms. The number of rotatable bonds is 3. The Morgan fingerprint density at radius 1 is 1.39 bits per heavy atom. The normalized spacial score (nSPS) is 19.4. The van der Waals surface area contributed by atoms with Gasteiger partial charge in [0.1, 0.15) is 11.6 Å². The van der Waals surface area contributed by atoms with Gasteiger partial charge >= 0.3 is 0 Å². The summed E-state index contributed by atoms with van der Waals surface area (Å²) in [5.41, 5.74) is 0. The molecule has 0 aromatic carbocycles. The van der Waals surface area contributed by atoms with Crippen LogP contribution in [0.3, 0.4) is 0 Å². The van der Waals surface area contributed by atoms with Gasteiger partial charge in [-0.05, 0) is 31.9 Å². The van der Waals surface area contributed by atoms with Crippen molar-refractivity contribution in [1.29, 1.82) is 0 Å². The lowest BCUT2D eigenvalue weighted by Gasteiger charge is -2.25. The van der Waals surface area contributed by atoms with E-state index in [0.29, 0.717) is 6.04 Å². The van der Waals surface area contributed by atoms with Crippen LogP contribution < -0.4 is 4.90 Å². The standard InChI is InChI=1S/C13H17N5/c1-11-14-7-5-13(16-11)18-9-2-4-12(18)10-17-8-3-6-15-17/h3,5-8,12H,2,4,9-10H2,1H3/t12-/m0/s1. The number of aromatic nitrogens is 4. The molecule has 0 aliphatic carbocycles. The minimum absolute atomic E-state index is 0.485. The van der Waals surface area contributed by atoms with Crippen LogP contribution in [-0.4, -0.2) is 32.3 Å². The first-order valence-corrected chi connectivity index (χ1v) is 6.36. The van der Waals surface area contributed by atoms with Crippen LogP contribution in [0.5, 0.6) is 0 Å². The summed E-state index contributed by atoms with van der Waals surface area (Å²) in [7, 11) is 0. The van der Waals surface area contributed by atoms with Gasteiger partial charge in [0.15, 0.2) is 0 Å². The fourth-order valence-corrected chi connectivity index (χ4v) is 2.56. The SMILES string of the molecule is Cc1nccc(N2CCC[C@H]2Cn2cccn2)n1. The number of nitrogens with zero attached hydrogens (tertiary/aromatic N) is 5. The third-order valence-corrected chi connectivity index (χ3v) is 3.39. The Hall–Kier alpha value is -1.91. The monoisotopic (exact) mass is 243 g/mol. The molecule has 0 spiro atoms. The maximum atomic E-state index is 4.52. The van der Waals surface area contributed by atoms with Crippen LogP contribution in [0.15, 0.2) is 30.7 Å². The summed E-state index contributed by atoms with van der Waals surface area (Å²) in [5.74, 6) is 1.87. The van der Waals surface area contributed by atoms with Gasteiger partial charge in [0, 0.05) is 25.1 Å². The van der Waals surface area contributed by atoms with E-state index in [1.807, 2.05) is 42.3 Å². The Balaban J connectivity index is 1.79. The van der Waals surface area contributed by atoms with Crippen LogP contribution in [0.2, 0.25) is 0 Å². The largest absolute Gasteiger partial charge is 0.352 e. The summed E-state index contributed by atoms with van der Waals surface area (Å²) in [4.78, 5) is 11.0. The first kappa shape index (κ1) is 11.2. The van der Waals surface area contributed by atoms with Crippen LogP contribution >= 0.6 is 0 Å². The highest BCUT2D eigenvalue weighted by atomic mass is 15.3. The fourth-order valence-electron chi connectivity index (χ4n) is 2.56. The van der Waals surface area contributed by atoms with Crippen LogP contribution in [0.1, 0.15) is 18.7 Å². The molecule has 0 unspecified atom stereocenters. The second-order valence-electron chi connectivity index (χ2n) is 4.68. The van der Waals surface area contributed by atoms with E-state index in [9.17, 15) is 0 Å². The van der Waals surface area contributed by atoms with Crippen molar-refractivity contribution < 1.29 is 0 Å². The smallest absolute Gasteiger partial charge is 0.132 e. The van der Waals surface area contributed by atoms with Gasteiger partial charge in [-0.3, -0.25) is 4.68 Å². The quantitative estimate of drug-likeness (QED) is 0.822. The average molecular weight is 243 g/mol. The van der Waals surface area contributed by atoms with E-state index in [4.69, 9.17) is 0 Å². The molecule has 5 nitrogen and oxygen atoms in total. The number of hydrogen-bond donors (Lipinski definition) is 0. The Morgan fingerprint density at radius 2 is 2.33 bits per heavy atom. The lowest BCUT2D eigenvalue weighted by molar-refractivity contribution is 0.507. The predicted molar refractivity (Wildman–Crippen MR) is 69.4 cm³/mol. The third kappa shape index (κ3) is 2.20. The van der Waals surface area contributed by atoms with Crippen molar-refractivity contribution in [2.45, 2.75) is 32.4 Å². The lowest BCUT2D eigenvalue weighted by Crippen LogP contribution is -2.33. The van der Waals surface area contributed by atoms with Gasteiger partial charge in [-0.25, -0.2) is 9.97 Å². The zero-order valence-corrected chi connectivity index (χ0v) is 10.5. The Bertz CT molecular complexity index is 508. The number of anilines is 1. The Labute approximate surface area is 106 Å². The molecule has 2 aromatic heterocycles. The van der Waals surface area contributed by atoms with E-state index in [1.54, 1.807) is 0 Å². The summed E-state index contributed by atoms with van der Waals surface area (Å²) < 4.78 is 2.00. The highest BCUT2D eigenvalue weighted by Crippen LogP contribution is 2.24. The third-order valence-electron chi connectivity index (χ3n) is 3.39. The summed E-state index contributed by atoms with van der Waals surface area (Å²) in [6, 6.07) is 4.45. The molecule has 1 aliphatic heterocycles. The molecular weight excluding hydrogens is 226 g/mol. The molecule has 1 atom stereocenters. The molecule has 2 aromatic rings. The minimum atomic E-state index is 0.485. The second kappa shape index (κ2) is 4.76. The van der Waals surface area contributed by atoms with Gasteiger partial charge in [-0.15, -0.1) is 0 Å². The van der Waals surface area contributed by atoms with Crippen LogP contribution in [0.4, 0.5) is 5.82 Å². The first-order valence-electron chi connectivity index (χ1n) is 6.36. The Kier molecular flexibility index (Phi) is 2.96. The lowest BCUT2D eigenvalue weighted by atomic mass is 10.2. The number of aryl methyl sites for hydroxylation is 1. The van der Waals surface area contributed by atoms with Crippen molar-refractivity contribution in [3.8, 4) is 0 Å². The fraction of sp³-hybridized carbons (Fsp3) is 0.462. The molecule has 0 saturated carbocycles. The van der Waals surface area contributed by atoms with Gasteiger partial charge in [-0.1, -0.05) is 0 Å². The molecule has 1 aliphatic rings. The minimum Gasteiger partial charge on any atom is -0.352 e. The van der Waals surface area contributed by atoms with Crippen LogP contribution in [0.25, 0.3) is 0 Å². The topological polar surface area (TPSA) is 46.8 Å². The highest BCUT2D eigenvalue weighted by molar-refractivity contribution is 5.40. The van der Waals surface area contributed by atoms with Crippen molar-refractivity contribution in [3.05, 3.63) is 36.5 Å². The van der Waals surface area contributed by atoms with E-state index >= 15 is 0 Å². The molecule has 94 valence electrons. The van der Waals surface area contributed by atoms with Gasteiger partial charge < -0.3 is 4.90 Å². The predicted octanol–water partition coefficient (Wildman–Crippen LogP) is 1.65. The van der Waals surface area contributed by atoms with Crippen molar-refractivity contribution in [2.24, 2.45) is 0 Å². The summed E-state index contributed by atoms with van der Waals surface area (Å²) in [6.07, 6.45) is 8.09. The summed E-state index contributed by atoms with van der Waals surface area (Å²) >= 11 is 0. The van der Waals surface area contributed by atoms with Crippen molar-refractivity contribution in [3.63, 3.8) is 0 Å². The average Bonchev–Trinajstić information content (AvgIpc) is 3.01. The second-order valence-corrected chi connectivity index (χ2v) is 4.68. The highest BCUT2D eigenvalue weighted by Gasteiger charge is 2.26. The molecule has 0 radical (unpaired) electrons. The first-order chi connectivity index (χ1) is 8.83. The van der Waals surface area contributed by atoms with Crippen LogP contribution in [0, 0.1) is 6.92 Å². The van der Waals surface area contributed by atoms with Crippen molar-refractivity contribution >= 4 is 5.82 Å². The van der Waals surface area contributed by atoms with Gasteiger partial charge in [-0.2, -0.15) is 5.10 Å². The maximum Gasteiger partial charge on any atom is 0.132 e. The molecular formula is C13H17N5. The summed E-state index contributed by atoms with van der Waals surface area (Å²) in [5, 5.41) is 4.28. The molecule has 5 heteroatoms. The van der Waals surface area contributed by atoms with E-state index < -0.39 is 0 Å².